The summed E-state index contributed by atoms with van der Waals surface area (Å²) in [6.07, 6.45) is 1.37. The minimum absolute atomic E-state index is 0.0701. The summed E-state index contributed by atoms with van der Waals surface area (Å²) in [5.41, 5.74) is 6.32. The fourth-order valence-electron chi connectivity index (χ4n) is 1.67. The molecular formula is C14H13F2N3O2. The lowest BCUT2D eigenvalue weighted by molar-refractivity contribution is 0.0527. The van der Waals surface area contributed by atoms with E-state index in [0.717, 1.165) is 12.1 Å². The Bertz CT molecular complexity index is 677. The number of nitrogens with two attached hydrogens (primary N) is 1. The van der Waals surface area contributed by atoms with Gasteiger partial charge in [-0.2, -0.15) is 0 Å². The van der Waals surface area contributed by atoms with E-state index < -0.39 is 17.6 Å². The van der Waals surface area contributed by atoms with Crippen molar-refractivity contribution < 1.29 is 18.3 Å². The Morgan fingerprint density at radius 3 is 2.76 bits per heavy atom. The third-order valence-corrected chi connectivity index (χ3v) is 2.67. The highest BCUT2D eigenvalue weighted by Gasteiger charge is 2.15. The summed E-state index contributed by atoms with van der Waals surface area (Å²) in [5.74, 6) is -2.38. The smallest absolute Gasteiger partial charge is 0.340 e. The molecule has 0 saturated heterocycles. The lowest BCUT2D eigenvalue weighted by Crippen LogP contribution is -2.10. The molecule has 0 radical (unpaired) electrons. The predicted octanol–water partition coefficient (Wildman–Crippen LogP) is 2.86. The molecule has 0 saturated carbocycles. The number of carbonyl (C=O) groups is 1. The van der Waals surface area contributed by atoms with Crippen LogP contribution in [0.25, 0.3) is 0 Å². The molecule has 0 atom stereocenters. The number of rotatable bonds is 4. The highest BCUT2D eigenvalue weighted by atomic mass is 19.2. The summed E-state index contributed by atoms with van der Waals surface area (Å²) in [6, 6.07) is 4.69. The van der Waals surface area contributed by atoms with Gasteiger partial charge in [0, 0.05) is 18.0 Å². The molecule has 0 aliphatic heterocycles. The number of esters is 1. The zero-order valence-corrected chi connectivity index (χ0v) is 11.2. The van der Waals surface area contributed by atoms with Crippen molar-refractivity contribution in [2.24, 2.45) is 0 Å². The van der Waals surface area contributed by atoms with Crippen LogP contribution in [0.3, 0.4) is 0 Å². The molecule has 0 aliphatic rings. The number of nitrogen functional groups attached to an aromatic ring is 1. The molecule has 3 N–H and O–H groups in total. The van der Waals surface area contributed by atoms with E-state index >= 15 is 0 Å². The van der Waals surface area contributed by atoms with E-state index in [1.54, 1.807) is 6.92 Å². The molecule has 5 nitrogen and oxygen atoms in total. The molecule has 21 heavy (non-hydrogen) atoms. The lowest BCUT2D eigenvalue weighted by atomic mass is 10.2. The van der Waals surface area contributed by atoms with Crippen LogP contribution >= 0.6 is 0 Å². The van der Waals surface area contributed by atoms with Gasteiger partial charge in [0.2, 0.25) is 0 Å². The Kier molecular flexibility index (Phi) is 4.32. The lowest BCUT2D eigenvalue weighted by Gasteiger charge is -2.11. The van der Waals surface area contributed by atoms with Gasteiger partial charge in [0.15, 0.2) is 17.5 Å². The maximum Gasteiger partial charge on any atom is 0.340 e. The fourth-order valence-corrected chi connectivity index (χ4v) is 1.67. The molecule has 0 amide bonds. The first-order chi connectivity index (χ1) is 10.0. The first kappa shape index (κ1) is 14.7. The third kappa shape index (κ3) is 3.25. The van der Waals surface area contributed by atoms with Gasteiger partial charge >= 0.3 is 5.97 Å². The molecule has 2 rings (SSSR count). The Morgan fingerprint density at radius 1 is 1.33 bits per heavy atom. The van der Waals surface area contributed by atoms with Crippen LogP contribution in [0.2, 0.25) is 0 Å². The van der Waals surface area contributed by atoms with Gasteiger partial charge < -0.3 is 15.8 Å². The highest BCUT2D eigenvalue weighted by Crippen LogP contribution is 2.25. The second-order valence-corrected chi connectivity index (χ2v) is 4.10. The van der Waals surface area contributed by atoms with Crippen molar-refractivity contribution in [1.29, 1.82) is 0 Å². The van der Waals surface area contributed by atoms with Crippen molar-refractivity contribution >= 4 is 23.2 Å². The van der Waals surface area contributed by atoms with Gasteiger partial charge in [-0.3, -0.25) is 0 Å². The van der Waals surface area contributed by atoms with E-state index in [2.05, 4.69) is 10.3 Å². The number of pyridine rings is 1. The molecule has 0 aliphatic carbocycles. The average molecular weight is 293 g/mol. The van der Waals surface area contributed by atoms with Crippen molar-refractivity contribution in [2.45, 2.75) is 6.92 Å². The van der Waals surface area contributed by atoms with Gasteiger partial charge in [0.25, 0.3) is 0 Å². The summed E-state index contributed by atoms with van der Waals surface area (Å²) in [4.78, 5) is 15.7. The van der Waals surface area contributed by atoms with Crippen LogP contribution in [-0.4, -0.2) is 17.6 Å². The standard InChI is InChI=1S/C14H13F2N3O2/c1-2-21-14(20)9-5-6-18-13(12(9)17)19-8-3-4-10(15)11(16)7-8/h3-7H,2,17H2,1H3,(H,18,19). The van der Waals surface area contributed by atoms with Crippen molar-refractivity contribution in [3.63, 3.8) is 0 Å². The molecule has 1 aromatic carbocycles. The number of anilines is 3. The molecule has 0 unspecified atom stereocenters. The van der Waals surface area contributed by atoms with Crippen LogP contribution in [0, 0.1) is 11.6 Å². The van der Waals surface area contributed by atoms with Gasteiger partial charge in [-0.05, 0) is 25.1 Å². The summed E-state index contributed by atoms with van der Waals surface area (Å²) in [7, 11) is 0. The Morgan fingerprint density at radius 2 is 2.10 bits per heavy atom. The highest BCUT2D eigenvalue weighted by molar-refractivity contribution is 5.98. The number of aromatic nitrogens is 1. The van der Waals surface area contributed by atoms with E-state index in [1.165, 1.54) is 18.3 Å². The summed E-state index contributed by atoms with van der Waals surface area (Å²) < 4.78 is 30.9. The van der Waals surface area contributed by atoms with Crippen LogP contribution in [-0.2, 0) is 4.74 Å². The Balaban J connectivity index is 2.30. The first-order valence-corrected chi connectivity index (χ1v) is 6.16. The normalized spacial score (nSPS) is 10.2. The molecule has 0 bridgehead atoms. The summed E-state index contributed by atoms with van der Waals surface area (Å²) in [5, 5.41) is 2.73. The van der Waals surface area contributed by atoms with Crippen LogP contribution in [0.4, 0.5) is 26.0 Å². The second kappa shape index (κ2) is 6.17. The van der Waals surface area contributed by atoms with Crippen molar-refractivity contribution in [2.75, 3.05) is 17.7 Å². The van der Waals surface area contributed by atoms with Crippen molar-refractivity contribution in [1.82, 2.24) is 4.98 Å². The van der Waals surface area contributed by atoms with E-state index in [1.807, 2.05) is 0 Å². The topological polar surface area (TPSA) is 77.2 Å². The zero-order chi connectivity index (χ0) is 15.4. The number of nitrogens with one attached hydrogen (secondary N) is 1. The van der Waals surface area contributed by atoms with E-state index in [9.17, 15) is 13.6 Å². The van der Waals surface area contributed by atoms with Gasteiger partial charge in [0.05, 0.1) is 17.9 Å². The number of nitrogens with zero attached hydrogens (tertiary/aromatic N) is 1. The number of halogens is 2. The molecule has 7 heteroatoms. The largest absolute Gasteiger partial charge is 0.462 e. The monoisotopic (exact) mass is 293 g/mol. The average Bonchev–Trinajstić information content (AvgIpc) is 2.45. The SMILES string of the molecule is CCOC(=O)c1ccnc(Nc2ccc(F)c(F)c2)c1N. The number of benzene rings is 1. The minimum atomic E-state index is -1.000. The molecular weight excluding hydrogens is 280 g/mol. The quantitative estimate of drug-likeness (QED) is 0.848. The minimum Gasteiger partial charge on any atom is -0.462 e. The fraction of sp³-hybridized carbons (Fsp3) is 0.143. The third-order valence-electron chi connectivity index (χ3n) is 2.67. The van der Waals surface area contributed by atoms with Gasteiger partial charge in [-0.25, -0.2) is 18.6 Å². The predicted molar refractivity (Wildman–Crippen MR) is 74.2 cm³/mol. The van der Waals surface area contributed by atoms with E-state index in [4.69, 9.17) is 10.5 Å². The molecule has 1 heterocycles. The van der Waals surface area contributed by atoms with Crippen LogP contribution < -0.4 is 11.1 Å². The number of hydrogen-bond donors (Lipinski definition) is 2. The number of hydrogen-bond acceptors (Lipinski definition) is 5. The molecule has 0 fully saturated rings. The summed E-state index contributed by atoms with van der Waals surface area (Å²) in [6.45, 7) is 1.89. The van der Waals surface area contributed by atoms with Gasteiger partial charge in [-0.15, -0.1) is 0 Å². The van der Waals surface area contributed by atoms with E-state index in [-0.39, 0.29) is 29.4 Å². The van der Waals surface area contributed by atoms with Crippen LogP contribution in [0.5, 0.6) is 0 Å². The summed E-state index contributed by atoms with van der Waals surface area (Å²) >= 11 is 0. The Hall–Kier alpha value is -2.70. The molecule has 1 aromatic heterocycles. The van der Waals surface area contributed by atoms with E-state index in [0.29, 0.717) is 0 Å². The Labute approximate surface area is 119 Å². The molecule has 2 aromatic rings. The van der Waals surface area contributed by atoms with Crippen LogP contribution in [0.15, 0.2) is 30.5 Å². The number of carbonyl (C=O) groups excluding carboxylic acids is 1. The van der Waals surface area contributed by atoms with Crippen molar-refractivity contribution in [3.05, 3.63) is 47.7 Å². The van der Waals surface area contributed by atoms with Crippen molar-refractivity contribution in [3.8, 4) is 0 Å². The van der Waals surface area contributed by atoms with Gasteiger partial charge in [-0.1, -0.05) is 0 Å². The maximum absolute atomic E-state index is 13.1. The molecule has 0 spiro atoms. The number of ether oxygens (including phenoxy) is 1. The van der Waals surface area contributed by atoms with Gasteiger partial charge in [0.1, 0.15) is 0 Å². The first-order valence-electron chi connectivity index (χ1n) is 6.16. The second-order valence-electron chi connectivity index (χ2n) is 4.10. The zero-order valence-electron chi connectivity index (χ0n) is 11.2. The van der Waals surface area contributed by atoms with Crippen LogP contribution in [0.1, 0.15) is 17.3 Å². The molecule has 110 valence electrons. The maximum atomic E-state index is 13.1.